The van der Waals surface area contributed by atoms with Crippen molar-refractivity contribution in [2.24, 2.45) is 0 Å². The van der Waals surface area contributed by atoms with E-state index in [4.69, 9.17) is 5.11 Å². The van der Waals surface area contributed by atoms with Crippen molar-refractivity contribution in [1.29, 1.82) is 0 Å². The third kappa shape index (κ3) is 3.18. The number of amides is 1. The summed E-state index contributed by atoms with van der Waals surface area (Å²) in [6.45, 7) is 0.856. The van der Waals surface area contributed by atoms with Crippen LogP contribution in [0.5, 0.6) is 0 Å². The molecule has 1 aliphatic heterocycles. The van der Waals surface area contributed by atoms with Crippen LogP contribution >= 0.6 is 0 Å². The molecule has 0 radical (unpaired) electrons. The summed E-state index contributed by atoms with van der Waals surface area (Å²) in [5.41, 5.74) is 0. The molecule has 1 saturated heterocycles. The highest BCUT2D eigenvalue weighted by Gasteiger charge is 2.38. The molecule has 0 saturated carbocycles. The van der Waals surface area contributed by atoms with Crippen molar-refractivity contribution in [2.75, 3.05) is 20.1 Å². The second kappa shape index (κ2) is 5.81. The number of carbonyl (C=O) groups is 2. The van der Waals surface area contributed by atoms with E-state index >= 15 is 0 Å². The molecule has 0 spiro atoms. The van der Waals surface area contributed by atoms with Gasteiger partial charge in [0.15, 0.2) is 0 Å². The SMILES string of the molecule is CNCCCC(=O)N1C[C@H](O)C[C@@H]1C(=O)O. The molecule has 0 unspecified atom stereocenters. The lowest BCUT2D eigenvalue weighted by molar-refractivity contribution is -0.148. The van der Waals surface area contributed by atoms with Gasteiger partial charge >= 0.3 is 5.97 Å². The molecule has 1 fully saturated rings. The molecule has 1 aliphatic rings. The fraction of sp³-hybridized carbons (Fsp3) is 0.800. The van der Waals surface area contributed by atoms with E-state index in [1.165, 1.54) is 4.90 Å². The summed E-state index contributed by atoms with van der Waals surface area (Å²) in [4.78, 5) is 23.8. The van der Waals surface area contributed by atoms with Gasteiger partial charge in [0.25, 0.3) is 0 Å². The standard InChI is InChI=1S/C10H18N2O4/c1-11-4-2-3-9(14)12-6-7(13)5-8(12)10(15)16/h7-8,11,13H,2-6H2,1H3,(H,15,16)/t7-,8-/m1/s1. The first kappa shape index (κ1) is 12.9. The Bertz CT molecular complexity index is 270. The van der Waals surface area contributed by atoms with Gasteiger partial charge in [-0.2, -0.15) is 0 Å². The smallest absolute Gasteiger partial charge is 0.326 e. The number of hydrogen-bond donors (Lipinski definition) is 3. The minimum absolute atomic E-state index is 0.132. The maximum atomic E-state index is 11.7. The molecular weight excluding hydrogens is 212 g/mol. The first-order valence-electron chi connectivity index (χ1n) is 5.41. The second-order valence-electron chi connectivity index (χ2n) is 4.00. The number of likely N-dealkylation sites (tertiary alicyclic amines) is 1. The van der Waals surface area contributed by atoms with E-state index < -0.39 is 18.1 Å². The minimum atomic E-state index is -1.04. The Labute approximate surface area is 94.2 Å². The van der Waals surface area contributed by atoms with Crippen LogP contribution in [-0.2, 0) is 9.59 Å². The highest BCUT2D eigenvalue weighted by Crippen LogP contribution is 2.19. The van der Waals surface area contributed by atoms with E-state index in [-0.39, 0.29) is 18.9 Å². The third-order valence-electron chi connectivity index (χ3n) is 2.70. The molecular formula is C10H18N2O4. The van der Waals surface area contributed by atoms with Crippen LogP contribution in [0.15, 0.2) is 0 Å². The van der Waals surface area contributed by atoms with Gasteiger partial charge in [-0.3, -0.25) is 4.79 Å². The Hall–Kier alpha value is -1.14. The first-order valence-corrected chi connectivity index (χ1v) is 5.41. The van der Waals surface area contributed by atoms with Gasteiger partial charge in [0.1, 0.15) is 6.04 Å². The second-order valence-corrected chi connectivity index (χ2v) is 4.00. The Morgan fingerprint density at radius 3 is 2.75 bits per heavy atom. The molecule has 1 heterocycles. The van der Waals surface area contributed by atoms with E-state index in [0.29, 0.717) is 12.8 Å². The lowest BCUT2D eigenvalue weighted by atomic mass is 10.2. The fourth-order valence-electron chi connectivity index (χ4n) is 1.88. The largest absolute Gasteiger partial charge is 0.480 e. The molecule has 92 valence electrons. The van der Waals surface area contributed by atoms with Crippen molar-refractivity contribution in [2.45, 2.75) is 31.4 Å². The average molecular weight is 230 g/mol. The van der Waals surface area contributed by atoms with Crippen LogP contribution in [0.25, 0.3) is 0 Å². The highest BCUT2D eigenvalue weighted by molar-refractivity contribution is 5.84. The van der Waals surface area contributed by atoms with E-state index in [1.807, 2.05) is 0 Å². The van der Waals surface area contributed by atoms with E-state index in [1.54, 1.807) is 7.05 Å². The van der Waals surface area contributed by atoms with Crippen molar-refractivity contribution in [3.05, 3.63) is 0 Å². The molecule has 0 aromatic rings. The zero-order chi connectivity index (χ0) is 12.1. The number of nitrogens with zero attached hydrogens (tertiary/aromatic N) is 1. The van der Waals surface area contributed by atoms with Crippen LogP contribution in [0, 0.1) is 0 Å². The Morgan fingerprint density at radius 1 is 1.50 bits per heavy atom. The molecule has 2 atom stereocenters. The zero-order valence-corrected chi connectivity index (χ0v) is 9.35. The Morgan fingerprint density at radius 2 is 2.19 bits per heavy atom. The molecule has 0 bridgehead atoms. The van der Waals surface area contributed by atoms with Crippen molar-refractivity contribution in [3.63, 3.8) is 0 Å². The summed E-state index contributed by atoms with van der Waals surface area (Å²) in [6, 6.07) is -0.864. The maximum Gasteiger partial charge on any atom is 0.326 e. The van der Waals surface area contributed by atoms with Gasteiger partial charge in [0, 0.05) is 19.4 Å². The van der Waals surface area contributed by atoms with Gasteiger partial charge in [0.2, 0.25) is 5.91 Å². The normalized spacial score (nSPS) is 24.8. The number of hydrogen-bond acceptors (Lipinski definition) is 4. The van der Waals surface area contributed by atoms with Crippen LogP contribution < -0.4 is 5.32 Å². The topological polar surface area (TPSA) is 89.9 Å². The third-order valence-corrected chi connectivity index (χ3v) is 2.70. The van der Waals surface area contributed by atoms with E-state index in [2.05, 4.69) is 5.32 Å². The molecule has 6 nitrogen and oxygen atoms in total. The van der Waals surface area contributed by atoms with Gasteiger partial charge in [0.05, 0.1) is 6.10 Å². The fourth-order valence-corrected chi connectivity index (χ4v) is 1.88. The molecule has 1 amide bonds. The summed E-state index contributed by atoms with van der Waals surface area (Å²) in [5.74, 6) is -1.24. The summed E-state index contributed by atoms with van der Waals surface area (Å²) >= 11 is 0. The van der Waals surface area contributed by atoms with Crippen LogP contribution in [0.4, 0.5) is 0 Å². The number of aliphatic hydroxyl groups excluding tert-OH is 1. The molecule has 6 heteroatoms. The Balaban J connectivity index is 2.50. The van der Waals surface area contributed by atoms with E-state index in [0.717, 1.165) is 6.54 Å². The van der Waals surface area contributed by atoms with Gasteiger partial charge < -0.3 is 20.4 Å². The predicted octanol–water partition coefficient (Wildman–Crippen LogP) is -0.968. The minimum Gasteiger partial charge on any atom is -0.480 e. The van der Waals surface area contributed by atoms with Crippen LogP contribution in [0.1, 0.15) is 19.3 Å². The number of carboxylic acid groups (broad SMARTS) is 1. The maximum absolute atomic E-state index is 11.7. The Kier molecular flexibility index (Phi) is 4.70. The van der Waals surface area contributed by atoms with Crippen molar-refractivity contribution >= 4 is 11.9 Å². The number of carbonyl (C=O) groups excluding carboxylic acids is 1. The number of rotatable bonds is 5. The summed E-state index contributed by atoms with van der Waals surface area (Å²) in [5, 5.41) is 21.2. The number of nitrogens with one attached hydrogen (secondary N) is 1. The molecule has 0 aromatic carbocycles. The molecule has 1 rings (SSSR count). The lowest BCUT2D eigenvalue weighted by Crippen LogP contribution is -2.40. The van der Waals surface area contributed by atoms with Crippen molar-refractivity contribution in [3.8, 4) is 0 Å². The number of carboxylic acids is 1. The number of aliphatic carboxylic acids is 1. The van der Waals surface area contributed by atoms with Crippen molar-refractivity contribution in [1.82, 2.24) is 10.2 Å². The summed E-state index contributed by atoms with van der Waals surface area (Å²) < 4.78 is 0. The van der Waals surface area contributed by atoms with Crippen molar-refractivity contribution < 1.29 is 19.8 Å². The first-order chi connectivity index (χ1) is 7.56. The molecule has 0 aliphatic carbocycles. The number of aliphatic hydroxyl groups is 1. The van der Waals surface area contributed by atoms with Crippen LogP contribution in [-0.4, -0.2) is 59.3 Å². The lowest BCUT2D eigenvalue weighted by Gasteiger charge is -2.21. The van der Waals surface area contributed by atoms with E-state index in [9.17, 15) is 14.7 Å². The average Bonchev–Trinajstić information content (AvgIpc) is 2.61. The highest BCUT2D eigenvalue weighted by atomic mass is 16.4. The quantitative estimate of drug-likeness (QED) is 0.529. The number of β-amino-alcohol motifs (C(OH)–C–C–N with tert-alkyl or cyclic N) is 1. The van der Waals surface area contributed by atoms with Gasteiger partial charge in [-0.15, -0.1) is 0 Å². The monoisotopic (exact) mass is 230 g/mol. The summed E-state index contributed by atoms with van der Waals surface area (Å²) in [6.07, 6.45) is 0.410. The van der Waals surface area contributed by atoms with Crippen LogP contribution in [0.3, 0.4) is 0 Å². The zero-order valence-electron chi connectivity index (χ0n) is 9.35. The van der Waals surface area contributed by atoms with Gasteiger partial charge in [-0.25, -0.2) is 4.79 Å². The van der Waals surface area contributed by atoms with Gasteiger partial charge in [-0.1, -0.05) is 0 Å². The van der Waals surface area contributed by atoms with Crippen LogP contribution in [0.2, 0.25) is 0 Å². The molecule has 3 N–H and O–H groups in total. The summed E-state index contributed by atoms with van der Waals surface area (Å²) in [7, 11) is 1.80. The molecule has 0 aromatic heterocycles. The van der Waals surface area contributed by atoms with Gasteiger partial charge in [-0.05, 0) is 20.0 Å². The molecule has 16 heavy (non-hydrogen) atoms. The predicted molar refractivity (Wildman–Crippen MR) is 56.9 cm³/mol.